The van der Waals surface area contributed by atoms with Gasteiger partial charge >= 0.3 is 0 Å². The monoisotopic (exact) mass is 312 g/mol. The molecule has 1 N–H and O–H groups in total. The highest BCUT2D eigenvalue weighted by molar-refractivity contribution is 5.78. The van der Waals surface area contributed by atoms with Crippen LogP contribution in [0.1, 0.15) is 11.5 Å². The minimum absolute atomic E-state index is 0.146. The molecule has 0 aliphatic heterocycles. The summed E-state index contributed by atoms with van der Waals surface area (Å²) < 4.78 is 15.6. The molecule has 0 aliphatic carbocycles. The van der Waals surface area contributed by atoms with Crippen LogP contribution in [0.4, 0.5) is 0 Å². The molecule has 23 heavy (non-hydrogen) atoms. The number of amides is 1. The van der Waals surface area contributed by atoms with E-state index in [-0.39, 0.29) is 12.3 Å². The zero-order valence-corrected chi connectivity index (χ0v) is 12.6. The third kappa shape index (κ3) is 3.79. The number of furan rings is 1. The van der Waals surface area contributed by atoms with Crippen molar-refractivity contribution in [3.05, 3.63) is 60.2 Å². The summed E-state index contributed by atoms with van der Waals surface area (Å²) >= 11 is 0. The lowest BCUT2D eigenvalue weighted by Gasteiger charge is -2.01. The Morgan fingerprint density at radius 2 is 2.17 bits per heavy atom. The fourth-order valence-corrected chi connectivity index (χ4v) is 2.13. The standard InChI is InChI=1S/C17H16N2O4/c1-21-14-5-2-4-12(8-14)16-9-13(19-23-16)10-17(20)18-11-15-6-3-7-22-15/h2-9H,10-11H2,1H3,(H,18,20). The van der Waals surface area contributed by atoms with Gasteiger partial charge in [0.05, 0.1) is 32.0 Å². The maximum absolute atomic E-state index is 11.9. The molecule has 0 unspecified atom stereocenters. The first-order valence-electron chi connectivity index (χ1n) is 7.13. The number of carbonyl (C=O) groups excluding carboxylic acids is 1. The summed E-state index contributed by atoms with van der Waals surface area (Å²) in [6.45, 7) is 0.354. The molecular weight excluding hydrogens is 296 g/mol. The molecule has 3 aromatic rings. The maximum atomic E-state index is 11.9. The summed E-state index contributed by atoms with van der Waals surface area (Å²) in [5.41, 5.74) is 1.42. The van der Waals surface area contributed by atoms with Crippen LogP contribution < -0.4 is 10.1 Å². The van der Waals surface area contributed by atoms with E-state index in [0.717, 1.165) is 11.3 Å². The number of ether oxygens (including phenoxy) is 1. The van der Waals surface area contributed by atoms with Crippen LogP contribution >= 0.6 is 0 Å². The highest BCUT2D eigenvalue weighted by Crippen LogP contribution is 2.24. The first-order valence-corrected chi connectivity index (χ1v) is 7.13. The summed E-state index contributed by atoms with van der Waals surface area (Å²) in [7, 11) is 1.61. The first kappa shape index (κ1) is 14.9. The van der Waals surface area contributed by atoms with Gasteiger partial charge in [-0.1, -0.05) is 17.3 Å². The Kier molecular flexibility index (Phi) is 4.42. The van der Waals surface area contributed by atoms with Crippen LogP contribution in [0.25, 0.3) is 11.3 Å². The molecule has 2 heterocycles. The highest BCUT2D eigenvalue weighted by atomic mass is 16.5. The van der Waals surface area contributed by atoms with E-state index >= 15 is 0 Å². The lowest BCUT2D eigenvalue weighted by Crippen LogP contribution is -2.24. The van der Waals surface area contributed by atoms with Gasteiger partial charge in [-0.3, -0.25) is 4.79 Å². The van der Waals surface area contributed by atoms with E-state index in [9.17, 15) is 4.79 Å². The van der Waals surface area contributed by atoms with Crippen LogP contribution in [0.2, 0.25) is 0 Å². The van der Waals surface area contributed by atoms with Gasteiger partial charge in [0.1, 0.15) is 11.5 Å². The van der Waals surface area contributed by atoms with Crippen molar-refractivity contribution in [2.75, 3.05) is 7.11 Å². The molecule has 6 heteroatoms. The SMILES string of the molecule is COc1cccc(-c2cc(CC(=O)NCc3ccco3)no2)c1. The minimum atomic E-state index is -0.146. The molecule has 3 rings (SSSR count). The molecule has 6 nitrogen and oxygen atoms in total. The van der Waals surface area contributed by atoms with E-state index in [2.05, 4.69) is 10.5 Å². The highest BCUT2D eigenvalue weighted by Gasteiger charge is 2.11. The van der Waals surface area contributed by atoms with Gasteiger partial charge in [-0.15, -0.1) is 0 Å². The maximum Gasteiger partial charge on any atom is 0.226 e. The van der Waals surface area contributed by atoms with E-state index in [0.29, 0.717) is 23.8 Å². The first-order chi connectivity index (χ1) is 11.2. The number of hydrogen-bond donors (Lipinski definition) is 1. The molecular formula is C17H16N2O4. The van der Waals surface area contributed by atoms with Crippen molar-refractivity contribution in [1.82, 2.24) is 10.5 Å². The van der Waals surface area contributed by atoms with Crippen molar-refractivity contribution >= 4 is 5.91 Å². The zero-order valence-electron chi connectivity index (χ0n) is 12.6. The normalized spacial score (nSPS) is 10.5. The third-order valence-corrected chi connectivity index (χ3v) is 3.29. The second-order valence-electron chi connectivity index (χ2n) is 4.95. The zero-order chi connectivity index (χ0) is 16.1. The van der Waals surface area contributed by atoms with E-state index in [4.69, 9.17) is 13.7 Å². The fraction of sp³-hybridized carbons (Fsp3) is 0.176. The van der Waals surface area contributed by atoms with Gasteiger partial charge in [-0.25, -0.2) is 0 Å². The lowest BCUT2D eigenvalue weighted by atomic mass is 10.1. The second-order valence-corrected chi connectivity index (χ2v) is 4.95. The summed E-state index contributed by atoms with van der Waals surface area (Å²) in [6, 6.07) is 12.8. The molecule has 1 aromatic carbocycles. The number of nitrogens with one attached hydrogen (secondary N) is 1. The Morgan fingerprint density at radius 1 is 1.26 bits per heavy atom. The second kappa shape index (κ2) is 6.83. The van der Waals surface area contributed by atoms with Gasteiger partial charge in [-0.05, 0) is 24.3 Å². The number of carbonyl (C=O) groups is 1. The van der Waals surface area contributed by atoms with Crippen LogP contribution in [0.15, 0.2) is 57.7 Å². The molecule has 0 fully saturated rings. The number of rotatable bonds is 6. The number of benzene rings is 1. The van der Waals surface area contributed by atoms with Gasteiger partial charge in [0.25, 0.3) is 0 Å². The van der Waals surface area contributed by atoms with Gasteiger partial charge < -0.3 is 19.0 Å². The predicted octanol–water partition coefficient (Wildman–Crippen LogP) is 2.80. The summed E-state index contributed by atoms with van der Waals surface area (Å²) in [4.78, 5) is 11.9. The van der Waals surface area contributed by atoms with Crippen molar-refractivity contribution < 1.29 is 18.5 Å². The van der Waals surface area contributed by atoms with E-state index in [1.807, 2.05) is 24.3 Å². The molecule has 118 valence electrons. The van der Waals surface area contributed by atoms with E-state index < -0.39 is 0 Å². The minimum Gasteiger partial charge on any atom is -0.497 e. The Balaban J connectivity index is 1.61. The van der Waals surface area contributed by atoms with E-state index in [1.165, 1.54) is 0 Å². The Morgan fingerprint density at radius 3 is 2.96 bits per heavy atom. The number of methoxy groups -OCH3 is 1. The van der Waals surface area contributed by atoms with Gasteiger partial charge in [0.15, 0.2) is 5.76 Å². The number of nitrogens with zero attached hydrogens (tertiary/aromatic N) is 1. The van der Waals surface area contributed by atoms with Crippen molar-refractivity contribution in [2.45, 2.75) is 13.0 Å². The average Bonchev–Trinajstić information content (AvgIpc) is 3.25. The molecule has 0 saturated heterocycles. The Bertz CT molecular complexity index is 778. The summed E-state index contributed by atoms with van der Waals surface area (Å²) in [5.74, 6) is 1.89. The van der Waals surface area contributed by atoms with Gasteiger partial charge in [-0.2, -0.15) is 0 Å². The molecule has 0 saturated carbocycles. The molecule has 0 radical (unpaired) electrons. The topological polar surface area (TPSA) is 77.5 Å². The molecule has 2 aromatic heterocycles. The third-order valence-electron chi connectivity index (χ3n) is 3.29. The molecule has 0 spiro atoms. The smallest absolute Gasteiger partial charge is 0.226 e. The van der Waals surface area contributed by atoms with Crippen molar-refractivity contribution in [2.24, 2.45) is 0 Å². The van der Waals surface area contributed by atoms with Crippen molar-refractivity contribution in [3.63, 3.8) is 0 Å². The average molecular weight is 312 g/mol. The van der Waals surface area contributed by atoms with Crippen molar-refractivity contribution in [1.29, 1.82) is 0 Å². The van der Waals surface area contributed by atoms with Crippen LogP contribution in [0.5, 0.6) is 5.75 Å². The predicted molar refractivity (Wildman–Crippen MR) is 82.7 cm³/mol. The quantitative estimate of drug-likeness (QED) is 0.757. The Hall–Kier alpha value is -3.02. The van der Waals surface area contributed by atoms with Gasteiger partial charge in [0, 0.05) is 11.6 Å². The molecule has 1 amide bonds. The summed E-state index contributed by atoms with van der Waals surface area (Å²) in [5, 5.41) is 6.70. The van der Waals surface area contributed by atoms with E-state index in [1.54, 1.807) is 31.6 Å². The fourth-order valence-electron chi connectivity index (χ4n) is 2.13. The summed E-state index contributed by atoms with van der Waals surface area (Å²) in [6.07, 6.45) is 1.72. The molecule has 0 atom stereocenters. The van der Waals surface area contributed by atoms with Crippen LogP contribution in [-0.4, -0.2) is 18.2 Å². The number of hydrogen-bond acceptors (Lipinski definition) is 5. The van der Waals surface area contributed by atoms with Crippen molar-refractivity contribution in [3.8, 4) is 17.1 Å². The molecule has 0 aliphatic rings. The Labute approximate surface area is 133 Å². The van der Waals surface area contributed by atoms with Crippen LogP contribution in [0, 0.1) is 0 Å². The van der Waals surface area contributed by atoms with Gasteiger partial charge in [0.2, 0.25) is 5.91 Å². The number of aromatic nitrogens is 1. The van der Waals surface area contributed by atoms with Crippen LogP contribution in [0.3, 0.4) is 0 Å². The van der Waals surface area contributed by atoms with Crippen LogP contribution in [-0.2, 0) is 17.8 Å². The molecule has 0 bridgehead atoms. The lowest BCUT2D eigenvalue weighted by molar-refractivity contribution is -0.120. The largest absolute Gasteiger partial charge is 0.497 e.